The van der Waals surface area contributed by atoms with Crippen molar-refractivity contribution >= 4 is 23.4 Å². The van der Waals surface area contributed by atoms with E-state index in [4.69, 9.17) is 22.1 Å². The maximum absolute atomic E-state index is 14.1. The number of carbonyl (C=O) groups excluding carboxylic acids is 2. The van der Waals surface area contributed by atoms with Crippen LogP contribution in [0.4, 0.5) is 4.39 Å². The third kappa shape index (κ3) is 4.32. The summed E-state index contributed by atoms with van der Waals surface area (Å²) in [6.45, 7) is -0.170. The molecule has 5 nitrogen and oxygen atoms in total. The number of amides is 2. The van der Waals surface area contributed by atoms with E-state index in [9.17, 15) is 14.0 Å². The Morgan fingerprint density at radius 3 is 2.62 bits per heavy atom. The highest BCUT2D eigenvalue weighted by Crippen LogP contribution is 2.32. The highest BCUT2D eigenvalue weighted by atomic mass is 35.5. The van der Waals surface area contributed by atoms with Gasteiger partial charge >= 0.3 is 0 Å². The molecule has 0 bridgehead atoms. The molecule has 2 aromatic carbocycles. The fraction of sp³-hybridized carbons (Fsp3) is 0.263. The summed E-state index contributed by atoms with van der Waals surface area (Å²) in [4.78, 5) is 25.4. The van der Waals surface area contributed by atoms with Gasteiger partial charge in [0.05, 0.1) is 6.54 Å². The number of ether oxygens (including phenoxy) is 1. The average Bonchev–Trinajstić information content (AvgIpc) is 3.44. The normalized spacial score (nSPS) is 13.3. The van der Waals surface area contributed by atoms with Crippen LogP contribution in [0.3, 0.4) is 0 Å². The van der Waals surface area contributed by atoms with Crippen LogP contribution in [0.1, 0.15) is 28.8 Å². The van der Waals surface area contributed by atoms with Gasteiger partial charge in [0.1, 0.15) is 11.6 Å². The van der Waals surface area contributed by atoms with Crippen molar-refractivity contribution < 1.29 is 18.7 Å². The third-order valence-corrected chi connectivity index (χ3v) is 4.45. The Hall–Kier alpha value is -2.60. The molecule has 0 atom stereocenters. The van der Waals surface area contributed by atoms with Gasteiger partial charge in [-0.25, -0.2) is 4.39 Å². The van der Waals surface area contributed by atoms with E-state index in [-0.39, 0.29) is 25.1 Å². The maximum Gasteiger partial charge on any atom is 0.255 e. The van der Waals surface area contributed by atoms with Crippen molar-refractivity contribution in [1.82, 2.24) is 4.90 Å². The van der Waals surface area contributed by atoms with E-state index >= 15 is 0 Å². The summed E-state index contributed by atoms with van der Waals surface area (Å²) < 4.78 is 19.4. The molecule has 2 N–H and O–H groups in total. The van der Waals surface area contributed by atoms with Crippen LogP contribution < -0.4 is 10.5 Å². The molecule has 0 aliphatic heterocycles. The summed E-state index contributed by atoms with van der Waals surface area (Å²) in [6.07, 6.45) is 1.74. The summed E-state index contributed by atoms with van der Waals surface area (Å²) in [7, 11) is 0. The molecule has 0 aromatic heterocycles. The smallest absolute Gasteiger partial charge is 0.255 e. The van der Waals surface area contributed by atoms with E-state index in [1.165, 1.54) is 12.1 Å². The topological polar surface area (TPSA) is 72.6 Å². The minimum absolute atomic E-state index is 0.0633. The highest BCUT2D eigenvalue weighted by Gasteiger charge is 2.34. The first-order valence-electron chi connectivity index (χ1n) is 8.20. The molecule has 1 fully saturated rings. The van der Waals surface area contributed by atoms with Crippen molar-refractivity contribution in [2.75, 3.05) is 6.61 Å². The van der Waals surface area contributed by atoms with Crippen LogP contribution in [0.25, 0.3) is 0 Å². The zero-order valence-corrected chi connectivity index (χ0v) is 14.7. The molecule has 1 saturated carbocycles. The summed E-state index contributed by atoms with van der Waals surface area (Å²) >= 11 is 6.10. The van der Waals surface area contributed by atoms with E-state index < -0.39 is 11.7 Å². The van der Waals surface area contributed by atoms with Gasteiger partial charge in [0.15, 0.2) is 6.61 Å². The fourth-order valence-corrected chi connectivity index (χ4v) is 2.87. The molecule has 0 radical (unpaired) electrons. The van der Waals surface area contributed by atoms with E-state index in [0.29, 0.717) is 21.9 Å². The maximum atomic E-state index is 14.1. The minimum atomic E-state index is -0.601. The molecule has 136 valence electrons. The lowest BCUT2D eigenvalue weighted by molar-refractivity contribution is -0.119. The van der Waals surface area contributed by atoms with Gasteiger partial charge < -0.3 is 15.4 Å². The van der Waals surface area contributed by atoms with E-state index in [1.807, 2.05) is 0 Å². The number of primary amides is 1. The van der Waals surface area contributed by atoms with E-state index in [0.717, 1.165) is 12.8 Å². The van der Waals surface area contributed by atoms with Crippen LogP contribution >= 0.6 is 11.6 Å². The highest BCUT2D eigenvalue weighted by molar-refractivity contribution is 6.31. The van der Waals surface area contributed by atoms with Gasteiger partial charge in [0.25, 0.3) is 11.8 Å². The van der Waals surface area contributed by atoms with E-state index in [2.05, 4.69) is 0 Å². The van der Waals surface area contributed by atoms with Gasteiger partial charge in [0.2, 0.25) is 0 Å². The number of halogens is 2. The van der Waals surface area contributed by atoms with Crippen LogP contribution in [0.15, 0.2) is 42.5 Å². The first-order valence-corrected chi connectivity index (χ1v) is 8.58. The lowest BCUT2D eigenvalue weighted by Crippen LogP contribution is -2.33. The van der Waals surface area contributed by atoms with Gasteiger partial charge in [-0.1, -0.05) is 23.7 Å². The van der Waals surface area contributed by atoms with Crippen LogP contribution in [-0.4, -0.2) is 29.4 Å². The molecular weight excluding hydrogens is 359 g/mol. The van der Waals surface area contributed by atoms with E-state index in [1.54, 1.807) is 35.2 Å². The Morgan fingerprint density at radius 2 is 1.96 bits per heavy atom. The predicted octanol–water partition coefficient (Wildman–Crippen LogP) is 3.15. The number of rotatable bonds is 7. The second kappa shape index (κ2) is 7.74. The molecule has 2 aromatic rings. The predicted molar refractivity (Wildman–Crippen MR) is 95.4 cm³/mol. The largest absolute Gasteiger partial charge is 0.484 e. The van der Waals surface area contributed by atoms with Gasteiger partial charge in [-0.2, -0.15) is 0 Å². The van der Waals surface area contributed by atoms with Crippen LogP contribution in [0, 0.1) is 5.82 Å². The van der Waals surface area contributed by atoms with Gasteiger partial charge in [-0.05, 0) is 43.2 Å². The van der Waals surface area contributed by atoms with Crippen molar-refractivity contribution in [2.24, 2.45) is 5.73 Å². The third-order valence-electron chi connectivity index (χ3n) is 4.10. The lowest BCUT2D eigenvalue weighted by atomic mass is 10.1. The van der Waals surface area contributed by atoms with Gasteiger partial charge in [-0.15, -0.1) is 0 Å². The number of hydrogen-bond acceptors (Lipinski definition) is 3. The Morgan fingerprint density at radius 1 is 1.23 bits per heavy atom. The summed E-state index contributed by atoms with van der Waals surface area (Å²) in [5.41, 5.74) is 5.76. The molecule has 2 amide bonds. The van der Waals surface area contributed by atoms with Crippen LogP contribution in [0.2, 0.25) is 5.02 Å². The second-order valence-corrected chi connectivity index (χ2v) is 6.55. The molecular formula is C19H18ClFN2O3. The average molecular weight is 377 g/mol. The Labute approximate surface area is 155 Å². The molecule has 1 aliphatic carbocycles. The van der Waals surface area contributed by atoms with Crippen molar-refractivity contribution in [3.05, 3.63) is 64.4 Å². The fourth-order valence-electron chi connectivity index (χ4n) is 2.65. The standard InChI is InChI=1S/C19H18ClFN2O3/c20-16-5-2-6-17(21)15(16)10-23(13-7-8-13)19(25)12-3-1-4-14(9-12)26-11-18(22)24/h1-6,9,13H,7-8,10-11H2,(H2,22,24). The molecule has 3 rings (SSSR count). The van der Waals surface area contributed by atoms with Gasteiger partial charge in [0, 0.05) is 22.2 Å². The molecule has 26 heavy (non-hydrogen) atoms. The van der Waals surface area contributed by atoms with Gasteiger partial charge in [-0.3, -0.25) is 9.59 Å². The summed E-state index contributed by atoms with van der Waals surface area (Å²) in [5, 5.41) is 0.294. The molecule has 0 heterocycles. The van der Waals surface area contributed by atoms with Crippen molar-refractivity contribution in [3.8, 4) is 5.75 Å². The zero-order valence-electron chi connectivity index (χ0n) is 14.0. The lowest BCUT2D eigenvalue weighted by Gasteiger charge is -2.23. The Bertz CT molecular complexity index is 819. The Balaban J connectivity index is 1.81. The molecule has 7 heteroatoms. The number of nitrogens with two attached hydrogens (primary N) is 1. The molecule has 0 unspecified atom stereocenters. The zero-order chi connectivity index (χ0) is 18.7. The number of nitrogens with zero attached hydrogens (tertiary/aromatic N) is 1. The Kier molecular flexibility index (Phi) is 5.42. The first kappa shape index (κ1) is 18.2. The quantitative estimate of drug-likeness (QED) is 0.806. The van der Waals surface area contributed by atoms with Crippen molar-refractivity contribution in [2.45, 2.75) is 25.4 Å². The van der Waals surface area contributed by atoms with Crippen molar-refractivity contribution in [1.29, 1.82) is 0 Å². The molecule has 1 aliphatic rings. The number of carbonyl (C=O) groups is 2. The number of benzene rings is 2. The second-order valence-electron chi connectivity index (χ2n) is 6.15. The monoisotopic (exact) mass is 376 g/mol. The summed E-state index contributed by atoms with van der Waals surface area (Å²) in [6, 6.07) is 11.0. The van der Waals surface area contributed by atoms with Crippen molar-refractivity contribution in [3.63, 3.8) is 0 Å². The molecule has 0 saturated heterocycles. The SMILES string of the molecule is NC(=O)COc1cccc(C(=O)N(Cc2c(F)cccc2Cl)C2CC2)c1. The molecule has 0 spiro atoms. The van der Waals surface area contributed by atoms with Crippen LogP contribution in [-0.2, 0) is 11.3 Å². The number of hydrogen-bond donors (Lipinski definition) is 1. The first-order chi connectivity index (χ1) is 12.5. The summed E-state index contributed by atoms with van der Waals surface area (Å²) in [5.74, 6) is -0.907. The van der Waals surface area contributed by atoms with Crippen LogP contribution in [0.5, 0.6) is 5.75 Å². The minimum Gasteiger partial charge on any atom is -0.484 e.